The SMILES string of the molecule is O=C(c1ccccc1-n1cccn1)N1CCCN(c2nc3ccc(Cl)cc3c(=O)[nH]2)CC1. The molecule has 9 heteroatoms. The fourth-order valence-electron chi connectivity index (χ4n) is 4.02. The number of benzene rings is 2. The fourth-order valence-corrected chi connectivity index (χ4v) is 4.19. The minimum absolute atomic E-state index is 0.0347. The molecule has 3 heterocycles. The fraction of sp³-hybridized carbons (Fsp3) is 0.217. The van der Waals surface area contributed by atoms with Crippen molar-refractivity contribution in [1.29, 1.82) is 0 Å². The molecule has 32 heavy (non-hydrogen) atoms. The lowest BCUT2D eigenvalue weighted by molar-refractivity contribution is 0.0767. The first kappa shape index (κ1) is 20.3. The third kappa shape index (κ3) is 3.85. The first-order valence-corrected chi connectivity index (χ1v) is 10.8. The molecule has 4 aromatic rings. The zero-order chi connectivity index (χ0) is 22.1. The van der Waals surface area contributed by atoms with Gasteiger partial charge in [0.25, 0.3) is 11.5 Å². The predicted molar refractivity (Wildman–Crippen MR) is 124 cm³/mol. The average molecular weight is 449 g/mol. The van der Waals surface area contributed by atoms with E-state index in [4.69, 9.17) is 11.6 Å². The Morgan fingerprint density at radius 1 is 1.03 bits per heavy atom. The molecule has 1 saturated heterocycles. The molecule has 0 saturated carbocycles. The van der Waals surface area contributed by atoms with Gasteiger partial charge in [0.1, 0.15) is 0 Å². The average Bonchev–Trinajstić information content (AvgIpc) is 3.23. The van der Waals surface area contributed by atoms with Crippen LogP contribution in [0.2, 0.25) is 5.02 Å². The normalized spacial score (nSPS) is 14.5. The lowest BCUT2D eigenvalue weighted by Gasteiger charge is -2.23. The van der Waals surface area contributed by atoms with Crippen LogP contribution in [0.5, 0.6) is 0 Å². The molecule has 2 aromatic carbocycles. The Morgan fingerprint density at radius 2 is 1.91 bits per heavy atom. The molecule has 0 spiro atoms. The van der Waals surface area contributed by atoms with Gasteiger partial charge in [-0.25, -0.2) is 9.67 Å². The molecule has 0 atom stereocenters. The molecule has 8 nitrogen and oxygen atoms in total. The maximum absolute atomic E-state index is 13.4. The van der Waals surface area contributed by atoms with Gasteiger partial charge in [-0.1, -0.05) is 23.7 Å². The number of aromatic nitrogens is 4. The summed E-state index contributed by atoms with van der Waals surface area (Å²) >= 11 is 6.01. The van der Waals surface area contributed by atoms with Gasteiger partial charge in [0.15, 0.2) is 0 Å². The van der Waals surface area contributed by atoms with Crippen molar-refractivity contribution in [3.05, 3.63) is 81.9 Å². The Balaban J connectivity index is 1.37. The summed E-state index contributed by atoms with van der Waals surface area (Å²) in [6.07, 6.45) is 4.28. The van der Waals surface area contributed by atoms with Gasteiger partial charge >= 0.3 is 0 Å². The third-order valence-corrected chi connectivity index (χ3v) is 5.86. The lowest BCUT2D eigenvalue weighted by Crippen LogP contribution is -2.36. The highest BCUT2D eigenvalue weighted by Gasteiger charge is 2.24. The van der Waals surface area contributed by atoms with Gasteiger partial charge in [-0.05, 0) is 42.8 Å². The minimum Gasteiger partial charge on any atom is -0.340 e. The van der Waals surface area contributed by atoms with Gasteiger partial charge < -0.3 is 9.80 Å². The molecule has 1 fully saturated rings. The van der Waals surface area contributed by atoms with E-state index in [0.717, 1.165) is 12.1 Å². The minimum atomic E-state index is -0.224. The zero-order valence-corrected chi connectivity index (χ0v) is 18.0. The third-order valence-electron chi connectivity index (χ3n) is 5.62. The van der Waals surface area contributed by atoms with Crippen molar-refractivity contribution in [2.75, 3.05) is 31.1 Å². The van der Waals surface area contributed by atoms with Gasteiger partial charge in [-0.3, -0.25) is 14.6 Å². The quantitative estimate of drug-likeness (QED) is 0.520. The topological polar surface area (TPSA) is 87.1 Å². The summed E-state index contributed by atoms with van der Waals surface area (Å²) in [7, 11) is 0. The summed E-state index contributed by atoms with van der Waals surface area (Å²) in [5.74, 6) is 0.476. The number of H-pyrrole nitrogens is 1. The first-order chi connectivity index (χ1) is 15.6. The lowest BCUT2D eigenvalue weighted by atomic mass is 10.1. The van der Waals surface area contributed by atoms with Crippen LogP contribution in [0.1, 0.15) is 16.8 Å². The van der Waals surface area contributed by atoms with E-state index in [2.05, 4.69) is 15.1 Å². The van der Waals surface area contributed by atoms with Crippen molar-refractivity contribution in [1.82, 2.24) is 24.6 Å². The number of halogens is 1. The van der Waals surface area contributed by atoms with Gasteiger partial charge in [0, 0.05) is 43.6 Å². The zero-order valence-electron chi connectivity index (χ0n) is 17.2. The first-order valence-electron chi connectivity index (χ1n) is 10.4. The van der Waals surface area contributed by atoms with Crippen molar-refractivity contribution in [3.63, 3.8) is 0 Å². The summed E-state index contributed by atoms with van der Waals surface area (Å²) in [6, 6.07) is 14.4. The molecule has 1 N–H and O–H groups in total. The predicted octanol–water partition coefficient (Wildman–Crippen LogP) is 3.11. The van der Waals surface area contributed by atoms with Crippen molar-refractivity contribution >= 4 is 34.4 Å². The number of nitrogens with zero attached hydrogens (tertiary/aromatic N) is 5. The largest absolute Gasteiger partial charge is 0.340 e. The maximum Gasteiger partial charge on any atom is 0.260 e. The van der Waals surface area contributed by atoms with Crippen LogP contribution >= 0.6 is 11.6 Å². The smallest absolute Gasteiger partial charge is 0.260 e. The molecule has 0 radical (unpaired) electrons. The van der Waals surface area contributed by atoms with Crippen LogP contribution in [-0.4, -0.2) is 56.7 Å². The molecular formula is C23H21ClN6O2. The molecule has 2 aromatic heterocycles. The van der Waals surface area contributed by atoms with Crippen molar-refractivity contribution in [3.8, 4) is 5.69 Å². The van der Waals surface area contributed by atoms with Gasteiger partial charge in [0.2, 0.25) is 5.95 Å². The van der Waals surface area contributed by atoms with E-state index in [1.807, 2.05) is 46.3 Å². The number of carbonyl (C=O) groups is 1. The van der Waals surface area contributed by atoms with Crippen LogP contribution in [0, 0.1) is 0 Å². The van der Waals surface area contributed by atoms with Crippen LogP contribution in [0.3, 0.4) is 0 Å². The standard InChI is InChI=1S/C23H21ClN6O2/c24-16-7-8-19-18(15-16)21(31)27-23(26-19)29-11-4-10-28(13-14-29)22(32)17-5-1-2-6-20(17)30-12-3-9-25-30/h1-3,5-9,12,15H,4,10-11,13-14H2,(H,26,27,31). The summed E-state index contributed by atoms with van der Waals surface area (Å²) in [5, 5.41) is 5.23. The Bertz CT molecular complexity index is 1330. The van der Waals surface area contributed by atoms with Crippen LogP contribution in [-0.2, 0) is 0 Å². The van der Waals surface area contributed by atoms with Gasteiger partial charge in [-0.15, -0.1) is 0 Å². The Labute approximate surface area is 189 Å². The summed E-state index contributed by atoms with van der Waals surface area (Å²) in [6.45, 7) is 2.40. The highest BCUT2D eigenvalue weighted by Crippen LogP contribution is 2.20. The van der Waals surface area contributed by atoms with Crippen molar-refractivity contribution in [2.24, 2.45) is 0 Å². The molecule has 1 amide bonds. The van der Waals surface area contributed by atoms with Crippen LogP contribution in [0.4, 0.5) is 5.95 Å². The number of nitrogens with one attached hydrogen (secondary N) is 1. The van der Waals surface area contributed by atoms with Crippen LogP contribution < -0.4 is 10.5 Å². The molecule has 1 aliphatic heterocycles. The number of rotatable bonds is 3. The number of hydrogen-bond acceptors (Lipinski definition) is 5. The Morgan fingerprint density at radius 3 is 2.75 bits per heavy atom. The Hall–Kier alpha value is -3.65. The number of aromatic amines is 1. The summed E-state index contributed by atoms with van der Waals surface area (Å²) in [4.78, 5) is 37.2. The number of fused-ring (bicyclic) bond motifs is 1. The summed E-state index contributed by atoms with van der Waals surface area (Å²) < 4.78 is 1.70. The monoisotopic (exact) mass is 448 g/mol. The molecule has 1 aliphatic rings. The van der Waals surface area contributed by atoms with Gasteiger partial charge in [0.05, 0.1) is 22.2 Å². The van der Waals surface area contributed by atoms with E-state index in [1.165, 1.54) is 0 Å². The molecule has 0 bridgehead atoms. The Kier molecular flexibility index (Phi) is 5.36. The molecule has 162 valence electrons. The second-order valence-electron chi connectivity index (χ2n) is 7.65. The van der Waals surface area contributed by atoms with E-state index < -0.39 is 0 Å². The van der Waals surface area contributed by atoms with E-state index in [0.29, 0.717) is 53.6 Å². The highest BCUT2D eigenvalue weighted by atomic mass is 35.5. The van der Waals surface area contributed by atoms with Gasteiger partial charge in [-0.2, -0.15) is 5.10 Å². The highest BCUT2D eigenvalue weighted by molar-refractivity contribution is 6.31. The number of carbonyl (C=O) groups excluding carboxylic acids is 1. The number of hydrogen-bond donors (Lipinski definition) is 1. The van der Waals surface area contributed by atoms with Crippen molar-refractivity contribution in [2.45, 2.75) is 6.42 Å². The van der Waals surface area contributed by atoms with E-state index in [1.54, 1.807) is 29.1 Å². The summed E-state index contributed by atoms with van der Waals surface area (Å²) in [5.41, 5.74) is 1.73. The van der Waals surface area contributed by atoms with E-state index in [-0.39, 0.29) is 11.5 Å². The maximum atomic E-state index is 13.4. The number of anilines is 1. The van der Waals surface area contributed by atoms with E-state index in [9.17, 15) is 9.59 Å². The van der Waals surface area contributed by atoms with E-state index >= 15 is 0 Å². The molecule has 0 aliphatic carbocycles. The molecule has 0 unspecified atom stereocenters. The molecule has 5 rings (SSSR count). The number of para-hydroxylation sites is 1. The molecular weight excluding hydrogens is 428 g/mol. The van der Waals surface area contributed by atoms with Crippen LogP contribution in [0.25, 0.3) is 16.6 Å². The second kappa shape index (κ2) is 8.47. The number of amides is 1. The van der Waals surface area contributed by atoms with Crippen molar-refractivity contribution < 1.29 is 4.79 Å². The van der Waals surface area contributed by atoms with Crippen LogP contribution in [0.15, 0.2) is 65.7 Å². The second-order valence-corrected chi connectivity index (χ2v) is 8.09.